The van der Waals surface area contributed by atoms with E-state index in [1.807, 2.05) is 13.8 Å². The van der Waals surface area contributed by atoms with Crippen LogP contribution in [-0.4, -0.2) is 45.0 Å². The van der Waals surface area contributed by atoms with Crippen molar-refractivity contribution in [1.29, 1.82) is 0 Å². The van der Waals surface area contributed by atoms with Gasteiger partial charge in [-0.3, -0.25) is 9.69 Å². The number of hydrogen-bond acceptors (Lipinski definition) is 4. The summed E-state index contributed by atoms with van der Waals surface area (Å²) in [6, 6.07) is 8.34. The fourth-order valence-corrected chi connectivity index (χ4v) is 3.73. The molecule has 0 bridgehead atoms. The Labute approximate surface area is 170 Å². The van der Waals surface area contributed by atoms with Crippen LogP contribution in [0.1, 0.15) is 30.0 Å². The predicted octanol–water partition coefficient (Wildman–Crippen LogP) is 4.22. The maximum Gasteiger partial charge on any atom is 0.336 e. The van der Waals surface area contributed by atoms with Crippen molar-refractivity contribution in [3.8, 4) is 11.3 Å². The highest BCUT2D eigenvalue weighted by Gasteiger charge is 2.36. The van der Waals surface area contributed by atoms with Crippen LogP contribution in [0.5, 0.6) is 0 Å². The number of nitrogens with zero attached hydrogens (tertiary/aromatic N) is 2. The molecule has 3 rings (SSSR count). The van der Waals surface area contributed by atoms with Crippen LogP contribution in [0.3, 0.4) is 0 Å². The average Bonchev–Trinajstić information content (AvgIpc) is 3.18. The molecular weight excluding hydrogens is 432 g/mol. The van der Waals surface area contributed by atoms with Gasteiger partial charge in [0.05, 0.1) is 5.56 Å². The number of amides is 1. The molecular formula is C19H17BrN2O4S. The molecule has 0 atom stereocenters. The Morgan fingerprint density at radius 1 is 1.22 bits per heavy atom. The third-order valence-corrected chi connectivity index (χ3v) is 5.17. The predicted molar refractivity (Wildman–Crippen MR) is 109 cm³/mol. The Balaban J connectivity index is 2.00. The van der Waals surface area contributed by atoms with Crippen molar-refractivity contribution in [3.63, 3.8) is 0 Å². The van der Waals surface area contributed by atoms with E-state index in [4.69, 9.17) is 16.6 Å². The molecule has 1 fully saturated rings. The summed E-state index contributed by atoms with van der Waals surface area (Å²) in [4.78, 5) is 27.4. The number of carboxylic acids is 1. The molecule has 0 radical (unpaired) electrons. The molecule has 2 aromatic rings. The van der Waals surface area contributed by atoms with Crippen LogP contribution in [0.4, 0.5) is 0 Å². The largest absolute Gasteiger partial charge is 0.478 e. The average molecular weight is 449 g/mol. The summed E-state index contributed by atoms with van der Waals surface area (Å²) in [5.41, 5.74) is 1.04. The van der Waals surface area contributed by atoms with Gasteiger partial charge in [-0.25, -0.2) is 4.79 Å². The summed E-state index contributed by atoms with van der Waals surface area (Å²) in [5.74, 6) is -0.353. The van der Waals surface area contributed by atoms with Crippen LogP contribution in [0.25, 0.3) is 17.4 Å². The molecule has 1 saturated heterocycles. The minimum atomic E-state index is -1.05. The first-order valence-electron chi connectivity index (χ1n) is 8.35. The van der Waals surface area contributed by atoms with Crippen LogP contribution >= 0.6 is 28.1 Å². The lowest BCUT2D eigenvalue weighted by molar-refractivity contribution is -0.122. The maximum absolute atomic E-state index is 12.6. The molecule has 0 aliphatic carbocycles. The molecule has 1 aliphatic rings. The number of likely N-dealkylation sites (N-methyl/N-ethyl adjacent to an activating group) is 2. The monoisotopic (exact) mass is 448 g/mol. The molecule has 6 nitrogen and oxygen atoms in total. The second-order valence-electron chi connectivity index (χ2n) is 5.80. The summed E-state index contributed by atoms with van der Waals surface area (Å²) in [7, 11) is 0. The fraction of sp³-hybridized carbons (Fsp3) is 0.211. The Morgan fingerprint density at radius 3 is 2.56 bits per heavy atom. The molecule has 1 aromatic carbocycles. The minimum absolute atomic E-state index is 0.128. The second-order valence-corrected chi connectivity index (χ2v) is 7.08. The Bertz CT molecular complexity index is 966. The number of furan rings is 1. The van der Waals surface area contributed by atoms with E-state index in [2.05, 4.69) is 15.9 Å². The first-order valence-corrected chi connectivity index (χ1v) is 9.55. The van der Waals surface area contributed by atoms with Gasteiger partial charge in [-0.1, -0.05) is 15.9 Å². The van der Waals surface area contributed by atoms with E-state index in [-0.39, 0.29) is 11.5 Å². The second kappa shape index (κ2) is 7.66. The van der Waals surface area contributed by atoms with Crippen molar-refractivity contribution >= 4 is 51.2 Å². The van der Waals surface area contributed by atoms with E-state index >= 15 is 0 Å². The smallest absolute Gasteiger partial charge is 0.336 e. The fourth-order valence-electron chi connectivity index (χ4n) is 2.93. The van der Waals surface area contributed by atoms with Gasteiger partial charge in [0.25, 0.3) is 5.91 Å². The van der Waals surface area contributed by atoms with E-state index in [1.165, 1.54) is 11.0 Å². The number of rotatable bonds is 5. The van der Waals surface area contributed by atoms with Crippen LogP contribution in [-0.2, 0) is 4.79 Å². The number of carboxylic acid groups (broad SMARTS) is 1. The highest BCUT2D eigenvalue weighted by atomic mass is 79.9. The zero-order chi connectivity index (χ0) is 19.7. The van der Waals surface area contributed by atoms with Crippen molar-refractivity contribution in [2.75, 3.05) is 13.1 Å². The summed E-state index contributed by atoms with van der Waals surface area (Å²) >= 11 is 8.64. The number of halogens is 1. The number of benzene rings is 1. The molecule has 1 aliphatic heterocycles. The lowest BCUT2D eigenvalue weighted by Crippen LogP contribution is -2.32. The van der Waals surface area contributed by atoms with Crippen LogP contribution < -0.4 is 0 Å². The van der Waals surface area contributed by atoms with Crippen LogP contribution in [0.15, 0.2) is 44.9 Å². The highest BCUT2D eigenvalue weighted by molar-refractivity contribution is 9.10. The zero-order valence-corrected chi connectivity index (χ0v) is 17.1. The molecule has 0 unspecified atom stereocenters. The first-order chi connectivity index (χ1) is 12.9. The number of thiocarbonyl (C=S) groups is 1. The van der Waals surface area contributed by atoms with E-state index in [1.54, 1.807) is 35.2 Å². The van der Waals surface area contributed by atoms with Crippen molar-refractivity contribution < 1.29 is 19.1 Å². The zero-order valence-electron chi connectivity index (χ0n) is 14.7. The van der Waals surface area contributed by atoms with Gasteiger partial charge >= 0.3 is 5.97 Å². The number of aromatic carboxylic acids is 1. The summed E-state index contributed by atoms with van der Waals surface area (Å²) in [5, 5.41) is 9.91. The van der Waals surface area contributed by atoms with E-state index in [0.29, 0.717) is 45.5 Å². The summed E-state index contributed by atoms with van der Waals surface area (Å²) < 4.78 is 6.48. The Kier molecular flexibility index (Phi) is 5.48. The van der Waals surface area contributed by atoms with Gasteiger partial charge in [0.1, 0.15) is 17.2 Å². The maximum atomic E-state index is 12.6. The van der Waals surface area contributed by atoms with Crippen molar-refractivity contribution in [2.45, 2.75) is 13.8 Å². The minimum Gasteiger partial charge on any atom is -0.478 e. The number of hydrogen-bond donors (Lipinski definition) is 1. The Hall–Kier alpha value is -2.45. The summed E-state index contributed by atoms with van der Waals surface area (Å²) in [6.45, 7) is 4.85. The Morgan fingerprint density at radius 2 is 1.93 bits per heavy atom. The lowest BCUT2D eigenvalue weighted by atomic mass is 10.1. The normalized spacial score (nSPS) is 15.9. The quantitative estimate of drug-likeness (QED) is 0.545. The molecule has 140 valence electrons. The van der Waals surface area contributed by atoms with Gasteiger partial charge < -0.3 is 14.4 Å². The third kappa shape index (κ3) is 3.54. The van der Waals surface area contributed by atoms with Gasteiger partial charge in [-0.05, 0) is 56.4 Å². The van der Waals surface area contributed by atoms with E-state index in [9.17, 15) is 14.7 Å². The standard InChI is InChI=1S/C19H17BrN2O4S/c1-3-21-15(17(23)22(4-2)19(21)27)10-12-6-8-16(26-12)13-7-5-11(20)9-14(13)18(24)25/h5-10H,3-4H2,1-2H3,(H,24,25). The van der Waals surface area contributed by atoms with Crippen molar-refractivity contribution in [2.24, 2.45) is 0 Å². The number of carbonyl (C=O) groups excluding carboxylic acids is 1. The highest BCUT2D eigenvalue weighted by Crippen LogP contribution is 2.30. The molecule has 8 heteroatoms. The summed E-state index contributed by atoms with van der Waals surface area (Å²) in [6.07, 6.45) is 1.64. The topological polar surface area (TPSA) is 74.0 Å². The molecule has 2 heterocycles. The molecule has 1 N–H and O–H groups in total. The van der Waals surface area contributed by atoms with Crippen molar-refractivity contribution in [3.05, 3.63) is 51.8 Å². The van der Waals surface area contributed by atoms with Gasteiger partial charge in [0, 0.05) is 29.2 Å². The van der Waals surface area contributed by atoms with E-state index < -0.39 is 5.97 Å². The molecule has 1 amide bonds. The van der Waals surface area contributed by atoms with Crippen LogP contribution in [0.2, 0.25) is 0 Å². The number of carbonyl (C=O) groups is 2. The van der Waals surface area contributed by atoms with Gasteiger partial charge in [0.2, 0.25) is 0 Å². The van der Waals surface area contributed by atoms with Gasteiger partial charge in [-0.15, -0.1) is 0 Å². The molecule has 0 saturated carbocycles. The van der Waals surface area contributed by atoms with E-state index in [0.717, 1.165) is 0 Å². The third-order valence-electron chi connectivity index (χ3n) is 4.23. The van der Waals surface area contributed by atoms with Gasteiger partial charge in [-0.2, -0.15) is 0 Å². The van der Waals surface area contributed by atoms with Crippen LogP contribution in [0, 0.1) is 0 Å². The lowest BCUT2D eigenvalue weighted by Gasteiger charge is -2.16. The molecule has 1 aromatic heterocycles. The molecule has 27 heavy (non-hydrogen) atoms. The van der Waals surface area contributed by atoms with Gasteiger partial charge in [0.15, 0.2) is 5.11 Å². The van der Waals surface area contributed by atoms with Crippen molar-refractivity contribution in [1.82, 2.24) is 9.80 Å². The molecule has 0 spiro atoms. The first kappa shape index (κ1) is 19.3. The SMILES string of the molecule is CCN1C(=O)C(=Cc2ccc(-c3ccc(Br)cc3C(=O)O)o2)N(CC)C1=S.